The number of amides is 1. The van der Waals surface area contributed by atoms with Crippen LogP contribution in [0.4, 0.5) is 0 Å². The fraction of sp³-hybridized carbons (Fsp3) is 0.368. The van der Waals surface area contributed by atoms with E-state index in [-0.39, 0.29) is 5.91 Å². The van der Waals surface area contributed by atoms with E-state index in [1.54, 1.807) is 11.8 Å². The highest BCUT2D eigenvalue weighted by Crippen LogP contribution is 2.27. The van der Waals surface area contributed by atoms with Crippen molar-refractivity contribution in [3.8, 4) is 5.69 Å². The minimum absolute atomic E-state index is 0.0464. The number of aromatic nitrogens is 4. The second kappa shape index (κ2) is 8.63. The van der Waals surface area contributed by atoms with E-state index in [4.69, 9.17) is 11.6 Å². The van der Waals surface area contributed by atoms with E-state index in [2.05, 4.69) is 15.2 Å². The number of rotatable bonds is 5. The molecule has 9 heteroatoms. The molecule has 1 aliphatic heterocycles. The lowest BCUT2D eigenvalue weighted by Crippen LogP contribution is -2.35. The van der Waals surface area contributed by atoms with Crippen molar-refractivity contribution < 1.29 is 4.79 Å². The monoisotopic (exact) mass is 433 g/mol. The summed E-state index contributed by atoms with van der Waals surface area (Å²) < 4.78 is 1.98. The molecule has 2 aromatic heterocycles. The van der Waals surface area contributed by atoms with Gasteiger partial charge < -0.3 is 4.90 Å². The van der Waals surface area contributed by atoms with Crippen LogP contribution in [0.3, 0.4) is 0 Å². The molecule has 1 aromatic carbocycles. The molecule has 0 N–H and O–H groups in total. The molecule has 0 saturated carbocycles. The number of hydrogen-bond acceptors (Lipinski definition) is 6. The lowest BCUT2D eigenvalue weighted by atomic mass is 10.1. The number of nitrogens with zero attached hydrogens (tertiary/aromatic N) is 5. The number of benzene rings is 1. The van der Waals surface area contributed by atoms with Crippen molar-refractivity contribution in [3.05, 3.63) is 51.2 Å². The van der Waals surface area contributed by atoms with Gasteiger partial charge in [0.05, 0.1) is 11.4 Å². The molecule has 0 atom stereocenters. The summed E-state index contributed by atoms with van der Waals surface area (Å²) in [7, 11) is 0. The number of carbonyl (C=O) groups is 1. The van der Waals surface area contributed by atoms with Gasteiger partial charge in [0, 0.05) is 23.5 Å². The molecule has 3 aromatic rings. The summed E-state index contributed by atoms with van der Waals surface area (Å²) in [6.07, 6.45) is 3.36. The summed E-state index contributed by atoms with van der Waals surface area (Å²) in [6.45, 7) is 3.58. The summed E-state index contributed by atoms with van der Waals surface area (Å²) in [4.78, 5) is 19.0. The zero-order valence-electron chi connectivity index (χ0n) is 15.5. The molecule has 0 aliphatic carbocycles. The van der Waals surface area contributed by atoms with Gasteiger partial charge in [-0.1, -0.05) is 29.4 Å². The first kappa shape index (κ1) is 19.4. The Kier molecular flexibility index (Phi) is 5.99. The van der Waals surface area contributed by atoms with E-state index in [1.165, 1.54) is 17.8 Å². The second-order valence-corrected chi connectivity index (χ2v) is 8.93. The van der Waals surface area contributed by atoms with Crippen LogP contribution in [0, 0.1) is 6.92 Å². The third-order valence-electron chi connectivity index (χ3n) is 4.60. The predicted molar refractivity (Wildman–Crippen MR) is 113 cm³/mol. The summed E-state index contributed by atoms with van der Waals surface area (Å²) in [5.74, 6) is 1.48. The highest BCUT2D eigenvalue weighted by molar-refractivity contribution is 7.98. The molecular weight excluding hydrogens is 414 g/mol. The number of carbonyl (C=O) groups excluding carboxylic acids is 1. The smallest absolute Gasteiger partial charge is 0.273 e. The molecule has 6 nitrogen and oxygen atoms in total. The predicted octanol–water partition coefficient (Wildman–Crippen LogP) is 4.60. The van der Waals surface area contributed by atoms with E-state index in [9.17, 15) is 4.79 Å². The molecule has 1 aliphatic rings. The lowest BCUT2D eigenvalue weighted by molar-refractivity contribution is 0.0719. The Bertz CT molecular complexity index is 980. The van der Waals surface area contributed by atoms with Crippen LogP contribution in [0.15, 0.2) is 34.8 Å². The first-order valence-corrected chi connectivity index (χ1v) is 11.4. The van der Waals surface area contributed by atoms with Gasteiger partial charge in [-0.25, -0.2) is 4.98 Å². The maximum absolute atomic E-state index is 12.6. The van der Waals surface area contributed by atoms with E-state index in [1.807, 2.05) is 46.0 Å². The Hall–Kier alpha value is -1.90. The Morgan fingerprint density at radius 1 is 1.25 bits per heavy atom. The first-order valence-electron chi connectivity index (χ1n) is 9.16. The first-order chi connectivity index (χ1) is 13.6. The van der Waals surface area contributed by atoms with Gasteiger partial charge in [0.2, 0.25) is 0 Å². The SMILES string of the molecule is Cc1nnc(SCc2nc(C(=O)N3CCCCC3)cs2)n1-c1cccc(Cl)c1. The van der Waals surface area contributed by atoms with Crippen molar-refractivity contribution in [1.29, 1.82) is 0 Å². The summed E-state index contributed by atoms with van der Waals surface area (Å²) in [5.41, 5.74) is 1.48. The number of hydrogen-bond donors (Lipinski definition) is 0. The molecule has 146 valence electrons. The molecule has 4 rings (SSSR count). The van der Waals surface area contributed by atoms with E-state index < -0.39 is 0 Å². The fourth-order valence-electron chi connectivity index (χ4n) is 3.21. The maximum Gasteiger partial charge on any atom is 0.273 e. The van der Waals surface area contributed by atoms with Crippen LogP contribution in [0.5, 0.6) is 0 Å². The zero-order valence-corrected chi connectivity index (χ0v) is 17.9. The van der Waals surface area contributed by atoms with Gasteiger partial charge in [-0.15, -0.1) is 21.5 Å². The number of thioether (sulfide) groups is 1. The molecule has 1 saturated heterocycles. The topological polar surface area (TPSA) is 63.9 Å². The largest absolute Gasteiger partial charge is 0.337 e. The van der Waals surface area contributed by atoms with Gasteiger partial charge in [0.25, 0.3) is 5.91 Å². The van der Waals surface area contributed by atoms with Crippen LogP contribution >= 0.6 is 34.7 Å². The molecule has 0 bridgehead atoms. The number of halogens is 1. The minimum Gasteiger partial charge on any atom is -0.337 e. The van der Waals surface area contributed by atoms with Crippen molar-refractivity contribution in [3.63, 3.8) is 0 Å². The quantitative estimate of drug-likeness (QED) is 0.550. The molecular formula is C19H20ClN5OS2. The van der Waals surface area contributed by atoms with Crippen molar-refractivity contribution in [2.75, 3.05) is 13.1 Å². The minimum atomic E-state index is 0.0464. The average Bonchev–Trinajstić information content (AvgIpc) is 3.33. The summed E-state index contributed by atoms with van der Waals surface area (Å²) in [6, 6.07) is 7.62. The van der Waals surface area contributed by atoms with Crippen molar-refractivity contribution in [2.24, 2.45) is 0 Å². The molecule has 1 fully saturated rings. The molecule has 1 amide bonds. The average molecular weight is 434 g/mol. The van der Waals surface area contributed by atoms with Crippen LogP contribution in [-0.4, -0.2) is 43.6 Å². The zero-order chi connectivity index (χ0) is 19.5. The Morgan fingerprint density at radius 2 is 2.07 bits per heavy atom. The van der Waals surface area contributed by atoms with E-state index >= 15 is 0 Å². The van der Waals surface area contributed by atoms with Crippen LogP contribution in [0.2, 0.25) is 5.02 Å². The number of piperidine rings is 1. The van der Waals surface area contributed by atoms with Gasteiger partial charge in [0.1, 0.15) is 16.5 Å². The van der Waals surface area contributed by atoms with Crippen molar-refractivity contribution in [2.45, 2.75) is 37.1 Å². The normalized spacial score (nSPS) is 14.4. The fourth-order valence-corrected chi connectivity index (χ4v) is 5.18. The van der Waals surface area contributed by atoms with E-state index in [0.29, 0.717) is 16.5 Å². The Morgan fingerprint density at radius 3 is 2.86 bits per heavy atom. The number of thiazole rings is 1. The van der Waals surface area contributed by atoms with Crippen LogP contribution in [0.1, 0.15) is 40.6 Å². The molecule has 0 spiro atoms. The van der Waals surface area contributed by atoms with Gasteiger partial charge in [-0.3, -0.25) is 9.36 Å². The lowest BCUT2D eigenvalue weighted by Gasteiger charge is -2.25. The maximum atomic E-state index is 12.6. The Labute approximate surface area is 176 Å². The van der Waals surface area contributed by atoms with Crippen LogP contribution < -0.4 is 0 Å². The van der Waals surface area contributed by atoms with Crippen LogP contribution in [-0.2, 0) is 5.75 Å². The van der Waals surface area contributed by atoms with E-state index in [0.717, 1.165) is 47.6 Å². The van der Waals surface area contributed by atoms with Gasteiger partial charge in [-0.2, -0.15) is 0 Å². The molecule has 0 radical (unpaired) electrons. The third-order valence-corrected chi connectivity index (χ3v) is 6.81. The molecule has 28 heavy (non-hydrogen) atoms. The summed E-state index contributed by atoms with van der Waals surface area (Å²) in [5, 5.41) is 12.7. The second-order valence-electron chi connectivity index (χ2n) is 6.61. The summed E-state index contributed by atoms with van der Waals surface area (Å²) >= 11 is 9.20. The molecule has 3 heterocycles. The van der Waals surface area contributed by atoms with Gasteiger partial charge >= 0.3 is 0 Å². The van der Waals surface area contributed by atoms with Crippen molar-refractivity contribution >= 4 is 40.6 Å². The number of aryl methyl sites for hydroxylation is 1. The Balaban J connectivity index is 1.46. The third kappa shape index (κ3) is 4.24. The van der Waals surface area contributed by atoms with Crippen molar-refractivity contribution in [1.82, 2.24) is 24.6 Å². The molecule has 0 unspecified atom stereocenters. The van der Waals surface area contributed by atoms with Gasteiger partial charge in [0.15, 0.2) is 5.16 Å². The van der Waals surface area contributed by atoms with Crippen LogP contribution in [0.25, 0.3) is 5.69 Å². The number of likely N-dealkylation sites (tertiary alicyclic amines) is 1. The van der Waals surface area contributed by atoms with Gasteiger partial charge in [-0.05, 0) is 44.4 Å². The highest BCUT2D eigenvalue weighted by atomic mass is 35.5. The standard InChI is InChI=1S/C19H20ClN5OS2/c1-13-22-23-19(25(13)15-7-5-6-14(20)10-15)28-12-17-21-16(11-27-17)18(26)24-8-3-2-4-9-24/h5-7,10-11H,2-4,8-9,12H2,1H3. The highest BCUT2D eigenvalue weighted by Gasteiger charge is 2.21.